The van der Waals surface area contributed by atoms with Crippen molar-refractivity contribution < 1.29 is 31.5 Å². The molecule has 1 saturated heterocycles. The number of carbonyl (C=O) groups is 1. The lowest BCUT2D eigenvalue weighted by Crippen LogP contribution is -2.58. The lowest BCUT2D eigenvalue weighted by molar-refractivity contribution is -0.192. The third kappa shape index (κ3) is 6.56. The number of piperidine rings is 1. The number of nitrogens with one attached hydrogen (secondary N) is 1. The largest absolute Gasteiger partial charge is 0.490 e. The van der Waals surface area contributed by atoms with Gasteiger partial charge in [-0.05, 0) is 75.4 Å². The quantitative estimate of drug-likeness (QED) is 0.630. The number of hydrogen-bond acceptors (Lipinski definition) is 5. The number of rotatable bonds is 5. The fourth-order valence-electron chi connectivity index (χ4n) is 4.28. The molecule has 2 aliphatic rings. The normalized spacial score (nSPS) is 20.5. The van der Waals surface area contributed by atoms with Gasteiger partial charge in [-0.15, -0.1) is 11.3 Å². The van der Waals surface area contributed by atoms with Gasteiger partial charge in [0.1, 0.15) is 0 Å². The molecule has 2 fully saturated rings. The predicted octanol–water partition coefficient (Wildman–Crippen LogP) is 4.41. The summed E-state index contributed by atoms with van der Waals surface area (Å²) in [5.74, 6) is -2.76. The highest BCUT2D eigenvalue weighted by atomic mass is 32.2. The molecule has 0 bridgehead atoms. The molecule has 1 saturated carbocycles. The van der Waals surface area contributed by atoms with E-state index in [0.717, 1.165) is 45.3 Å². The second kappa shape index (κ2) is 10.1. The van der Waals surface area contributed by atoms with Crippen molar-refractivity contribution in [2.45, 2.75) is 56.3 Å². The average molecular weight is 505 g/mol. The number of hydrogen-bond donors (Lipinski definition) is 2. The number of carboxylic acids is 1. The summed E-state index contributed by atoms with van der Waals surface area (Å²) >= 11 is 1.87. The van der Waals surface area contributed by atoms with Crippen LogP contribution in [0.3, 0.4) is 0 Å². The lowest BCUT2D eigenvalue weighted by atomic mass is 9.59. The van der Waals surface area contributed by atoms with E-state index in [2.05, 4.69) is 28.7 Å². The van der Waals surface area contributed by atoms with Gasteiger partial charge in [-0.1, -0.05) is 18.2 Å². The van der Waals surface area contributed by atoms with Crippen LogP contribution in [0.4, 0.5) is 13.2 Å². The fourth-order valence-corrected chi connectivity index (χ4v) is 6.61. The van der Waals surface area contributed by atoms with Crippen molar-refractivity contribution >= 4 is 27.3 Å². The van der Waals surface area contributed by atoms with Crippen molar-refractivity contribution in [3.8, 4) is 0 Å². The number of thiophene rings is 1. The third-order valence-electron chi connectivity index (χ3n) is 6.29. The zero-order valence-corrected chi connectivity index (χ0v) is 19.8. The first kappa shape index (κ1) is 25.7. The minimum absolute atomic E-state index is 0.0823. The van der Waals surface area contributed by atoms with E-state index < -0.39 is 22.2 Å². The van der Waals surface area contributed by atoms with Gasteiger partial charge in [0, 0.05) is 22.3 Å². The zero-order chi connectivity index (χ0) is 24.3. The highest BCUT2D eigenvalue weighted by Gasteiger charge is 2.49. The van der Waals surface area contributed by atoms with E-state index in [-0.39, 0.29) is 11.5 Å². The van der Waals surface area contributed by atoms with E-state index in [9.17, 15) is 21.6 Å². The molecule has 1 spiro atoms. The maximum atomic E-state index is 12.6. The molecule has 11 heteroatoms. The number of alkyl halides is 3. The fraction of sp³-hybridized carbons (Fsp3) is 0.500. The van der Waals surface area contributed by atoms with Crippen molar-refractivity contribution in [2.24, 2.45) is 5.41 Å². The highest BCUT2D eigenvalue weighted by Crippen LogP contribution is 2.49. The molecule has 1 unspecified atom stereocenters. The van der Waals surface area contributed by atoms with Crippen LogP contribution in [-0.4, -0.2) is 49.7 Å². The molecular formula is C22H27F3N2O4S2. The van der Waals surface area contributed by atoms with Crippen LogP contribution in [0, 0.1) is 12.3 Å². The average Bonchev–Trinajstić information content (AvgIpc) is 3.17. The Morgan fingerprint density at radius 3 is 2.21 bits per heavy atom. The molecule has 33 heavy (non-hydrogen) atoms. The van der Waals surface area contributed by atoms with E-state index in [0.29, 0.717) is 4.90 Å². The van der Waals surface area contributed by atoms with Crippen LogP contribution in [-0.2, 0) is 21.4 Å². The molecular weight excluding hydrogens is 477 g/mol. The van der Waals surface area contributed by atoms with Crippen molar-refractivity contribution in [3.63, 3.8) is 0 Å². The van der Waals surface area contributed by atoms with Gasteiger partial charge in [-0.3, -0.25) is 4.90 Å². The molecule has 6 nitrogen and oxygen atoms in total. The monoisotopic (exact) mass is 504 g/mol. The Kier molecular flexibility index (Phi) is 7.87. The van der Waals surface area contributed by atoms with E-state index in [1.807, 2.05) is 17.4 Å². The van der Waals surface area contributed by atoms with E-state index in [1.165, 1.54) is 9.75 Å². The number of aryl methyl sites for hydroxylation is 1. The van der Waals surface area contributed by atoms with Gasteiger partial charge in [0.2, 0.25) is 10.0 Å². The second-order valence-electron chi connectivity index (χ2n) is 8.48. The second-order valence-corrected chi connectivity index (χ2v) is 11.6. The van der Waals surface area contributed by atoms with Gasteiger partial charge in [0.15, 0.2) is 0 Å². The van der Waals surface area contributed by atoms with E-state index >= 15 is 0 Å². The third-order valence-corrected chi connectivity index (χ3v) is 8.76. The van der Waals surface area contributed by atoms with Crippen LogP contribution in [0.1, 0.15) is 35.4 Å². The molecule has 182 valence electrons. The molecule has 1 aliphatic heterocycles. The Balaban J connectivity index is 0.000000383. The Hall–Kier alpha value is -1.95. The zero-order valence-electron chi connectivity index (χ0n) is 18.1. The first-order chi connectivity index (χ1) is 15.4. The number of carboxylic acid groups (broad SMARTS) is 1. The first-order valence-electron chi connectivity index (χ1n) is 10.6. The van der Waals surface area contributed by atoms with Gasteiger partial charge in [-0.25, -0.2) is 17.9 Å². The maximum absolute atomic E-state index is 12.6. The molecule has 2 aromatic rings. The summed E-state index contributed by atoms with van der Waals surface area (Å²) in [6.45, 7) is 5.28. The molecule has 4 rings (SSSR count). The van der Waals surface area contributed by atoms with Crippen molar-refractivity contribution in [1.82, 2.24) is 9.62 Å². The molecule has 2 heterocycles. The standard InChI is InChI=1S/C20H26N2O2S2.C2HF3O2/c1-16-7-8-17(25-16)15-22-13-11-20(12-14-22)10-9-19(20)21-26(23,24)18-5-3-2-4-6-18;3-2(4,5)1(6)7/h2-8,19,21H,9-15H2,1H3;(H,6,7). The highest BCUT2D eigenvalue weighted by molar-refractivity contribution is 7.89. The summed E-state index contributed by atoms with van der Waals surface area (Å²) in [6.07, 6.45) is -0.824. The molecule has 0 radical (unpaired) electrons. The molecule has 1 aromatic heterocycles. The molecule has 0 amide bonds. The van der Waals surface area contributed by atoms with Crippen LogP contribution < -0.4 is 4.72 Å². The molecule has 2 N–H and O–H groups in total. The number of nitrogens with zero attached hydrogens (tertiary/aromatic N) is 1. The Morgan fingerprint density at radius 2 is 1.76 bits per heavy atom. The summed E-state index contributed by atoms with van der Waals surface area (Å²) in [4.78, 5) is 14.6. The Bertz CT molecular complexity index is 1050. The topological polar surface area (TPSA) is 86.7 Å². The summed E-state index contributed by atoms with van der Waals surface area (Å²) in [6, 6.07) is 13.2. The van der Waals surface area contributed by atoms with Crippen molar-refractivity contribution in [3.05, 3.63) is 52.2 Å². The number of halogens is 3. The molecule has 1 atom stereocenters. The molecule has 1 aromatic carbocycles. The van der Waals surface area contributed by atoms with Crippen LogP contribution in [0.2, 0.25) is 0 Å². The minimum Gasteiger partial charge on any atom is -0.475 e. The minimum atomic E-state index is -5.08. The van der Waals surface area contributed by atoms with E-state index in [4.69, 9.17) is 9.90 Å². The van der Waals surface area contributed by atoms with Crippen LogP contribution in [0.5, 0.6) is 0 Å². The smallest absolute Gasteiger partial charge is 0.475 e. The predicted molar refractivity (Wildman–Crippen MR) is 119 cm³/mol. The SMILES string of the molecule is Cc1ccc(CN2CCC3(CCC3NS(=O)(=O)c3ccccc3)CC2)s1.O=C(O)C(F)(F)F. The molecule has 1 aliphatic carbocycles. The first-order valence-corrected chi connectivity index (χ1v) is 12.9. The summed E-state index contributed by atoms with van der Waals surface area (Å²) in [5.41, 5.74) is 0.156. The van der Waals surface area contributed by atoms with Gasteiger partial charge in [0.05, 0.1) is 4.90 Å². The van der Waals surface area contributed by atoms with Crippen LogP contribution in [0.15, 0.2) is 47.4 Å². The number of benzene rings is 1. The summed E-state index contributed by atoms with van der Waals surface area (Å²) in [5, 5.41) is 7.12. The number of aliphatic carboxylic acids is 1. The maximum Gasteiger partial charge on any atom is 0.490 e. The van der Waals surface area contributed by atoms with Gasteiger partial charge in [-0.2, -0.15) is 13.2 Å². The number of sulfonamides is 1. The van der Waals surface area contributed by atoms with Crippen LogP contribution in [0.25, 0.3) is 0 Å². The van der Waals surface area contributed by atoms with Gasteiger partial charge < -0.3 is 5.11 Å². The number of likely N-dealkylation sites (tertiary alicyclic amines) is 1. The van der Waals surface area contributed by atoms with Gasteiger partial charge >= 0.3 is 12.1 Å². The van der Waals surface area contributed by atoms with E-state index in [1.54, 1.807) is 24.3 Å². The van der Waals surface area contributed by atoms with Gasteiger partial charge in [0.25, 0.3) is 0 Å². The Labute approximate surface area is 195 Å². The summed E-state index contributed by atoms with van der Waals surface area (Å²) in [7, 11) is -3.42. The lowest BCUT2D eigenvalue weighted by Gasteiger charge is -2.54. The van der Waals surface area contributed by atoms with Crippen LogP contribution >= 0.6 is 11.3 Å². The van der Waals surface area contributed by atoms with Crippen molar-refractivity contribution in [2.75, 3.05) is 13.1 Å². The Morgan fingerprint density at radius 1 is 1.15 bits per heavy atom. The van der Waals surface area contributed by atoms with Crippen molar-refractivity contribution in [1.29, 1.82) is 0 Å². The summed E-state index contributed by atoms with van der Waals surface area (Å²) < 4.78 is 60.0.